The second-order valence-corrected chi connectivity index (χ2v) is 14.5. The lowest BCUT2D eigenvalue weighted by molar-refractivity contribution is -0.0374. The monoisotopic (exact) mass is 707 g/mol. The van der Waals surface area contributed by atoms with Gasteiger partial charge in [0.05, 0.1) is 37.7 Å². The summed E-state index contributed by atoms with van der Waals surface area (Å²) >= 11 is 0. The van der Waals surface area contributed by atoms with Gasteiger partial charge in [-0.1, -0.05) is 108 Å². The number of nitriles is 1. The Morgan fingerprint density at radius 1 is 1.02 bits per heavy atom. The molecule has 3 N–H and O–H groups in total. The fourth-order valence-corrected chi connectivity index (χ4v) is 6.93. The van der Waals surface area contributed by atoms with Crippen LogP contribution in [0.5, 0.6) is 0 Å². The largest absolute Gasteiger partial charge is 0.472 e. The average Bonchev–Trinajstić information content (AvgIpc) is 3.76. The number of unbranched alkanes of at least 4 members (excludes halogenated alkanes) is 12. The lowest BCUT2D eigenvalue weighted by Gasteiger charge is -2.22. The van der Waals surface area contributed by atoms with Gasteiger partial charge in [-0.25, -0.2) is 14.1 Å². The molecule has 0 saturated carbocycles. The highest BCUT2D eigenvalue weighted by Gasteiger charge is 2.45. The van der Waals surface area contributed by atoms with Crippen molar-refractivity contribution < 1.29 is 28.0 Å². The summed E-state index contributed by atoms with van der Waals surface area (Å²) in [5, 5.41) is 14.3. The first-order valence-corrected chi connectivity index (χ1v) is 19.8. The Bertz CT molecular complexity index is 1580. The third-order valence-corrected chi connectivity index (χ3v) is 10.00. The number of ether oxygens (including phenoxy) is 2. The van der Waals surface area contributed by atoms with Crippen molar-refractivity contribution in [2.24, 2.45) is 0 Å². The van der Waals surface area contributed by atoms with Crippen LogP contribution in [0.25, 0.3) is 5.52 Å². The summed E-state index contributed by atoms with van der Waals surface area (Å²) in [6.45, 7) is 2.18. The van der Waals surface area contributed by atoms with Crippen molar-refractivity contribution in [1.82, 2.24) is 14.6 Å². The quantitative estimate of drug-likeness (QED) is 0.0558. The van der Waals surface area contributed by atoms with Crippen LogP contribution in [0.2, 0.25) is 0 Å². The van der Waals surface area contributed by atoms with Gasteiger partial charge in [-0.2, -0.15) is 10.4 Å². The van der Waals surface area contributed by atoms with Crippen LogP contribution in [0.1, 0.15) is 121 Å². The Hall–Kier alpha value is -3.28. The maximum Gasteiger partial charge on any atom is 0.472 e. The molecule has 2 aromatic heterocycles. The number of anilines is 1. The van der Waals surface area contributed by atoms with Gasteiger partial charge in [0.15, 0.2) is 11.4 Å². The minimum atomic E-state index is -4.46. The van der Waals surface area contributed by atoms with E-state index in [2.05, 4.69) is 34.9 Å². The summed E-state index contributed by atoms with van der Waals surface area (Å²) in [6.07, 6.45) is 17.7. The summed E-state index contributed by atoms with van der Waals surface area (Å²) in [7, 11) is -4.46. The molecule has 3 aromatic rings. The Labute approximate surface area is 297 Å². The zero-order valence-corrected chi connectivity index (χ0v) is 30.4. The molecule has 0 aliphatic carbocycles. The number of hydrogen-bond donors (Lipinski definition) is 2. The predicted octanol–water partition coefficient (Wildman–Crippen LogP) is 8.41. The van der Waals surface area contributed by atoms with Gasteiger partial charge < -0.3 is 20.1 Å². The number of fused-ring (bicyclic) bond motifs is 1. The maximum atomic E-state index is 12.9. The molecule has 0 spiro atoms. The molecule has 0 bridgehead atoms. The maximum absolute atomic E-state index is 12.9. The van der Waals surface area contributed by atoms with Crippen molar-refractivity contribution in [3.8, 4) is 17.9 Å². The first-order valence-electron chi connectivity index (χ1n) is 18.3. The Kier molecular flexibility index (Phi) is 16.7. The van der Waals surface area contributed by atoms with Gasteiger partial charge in [0, 0.05) is 12.8 Å². The number of benzene rings is 1. The highest BCUT2D eigenvalue weighted by Crippen LogP contribution is 2.46. The summed E-state index contributed by atoms with van der Waals surface area (Å²) in [4.78, 5) is 14.5. The van der Waals surface area contributed by atoms with E-state index in [4.69, 9.17) is 24.3 Å². The van der Waals surface area contributed by atoms with Crippen LogP contribution in [0.15, 0.2) is 48.8 Å². The molecular formula is C38H54N5O6P. The third kappa shape index (κ3) is 12.8. The van der Waals surface area contributed by atoms with Crippen molar-refractivity contribution >= 4 is 19.2 Å². The van der Waals surface area contributed by atoms with Crippen LogP contribution in [0, 0.1) is 23.2 Å². The zero-order chi connectivity index (χ0) is 35.5. The molecule has 50 heavy (non-hydrogen) atoms. The molecule has 0 amide bonds. The van der Waals surface area contributed by atoms with Crippen LogP contribution in [-0.2, 0) is 35.3 Å². The van der Waals surface area contributed by atoms with Gasteiger partial charge in [-0.3, -0.25) is 9.05 Å². The number of aromatic nitrogens is 3. The van der Waals surface area contributed by atoms with Crippen LogP contribution >= 0.6 is 7.82 Å². The number of nitrogens with zero attached hydrogens (tertiary/aromatic N) is 4. The molecule has 1 unspecified atom stereocenters. The fourth-order valence-electron chi connectivity index (χ4n) is 6.15. The standard InChI is InChI=1S/C38H54N5O6P/c1-2-3-4-5-6-7-8-9-10-11-12-13-14-15-19-22-33(46-27-32-20-17-16-18-21-32)28-47-50(44,45)48-29-34-25-26-38(30-39,49-34)36-24-23-35-37(40)41-31-42-43(35)36/h16-18,20-21,23-24,31,33-34H,2-14,22,25-29H2,1H3,(H,44,45)(H2,40,41,42)/t33-,34+,38+/m1/s1. The third-order valence-electron chi connectivity index (χ3n) is 9.05. The fraction of sp³-hybridized carbons (Fsp3) is 0.605. The average molecular weight is 708 g/mol. The van der Waals surface area contributed by atoms with E-state index < -0.39 is 25.6 Å². The highest BCUT2D eigenvalue weighted by molar-refractivity contribution is 7.47. The number of nitrogen functional groups attached to an aromatic ring is 1. The molecule has 1 aliphatic rings. The van der Waals surface area contributed by atoms with Crippen molar-refractivity contribution in [2.75, 3.05) is 18.9 Å². The lowest BCUT2D eigenvalue weighted by Crippen LogP contribution is -2.28. The molecule has 0 radical (unpaired) electrons. The number of nitrogens with two attached hydrogens (primary N) is 1. The van der Waals surface area contributed by atoms with Crippen LogP contribution in [0.4, 0.5) is 5.82 Å². The van der Waals surface area contributed by atoms with Gasteiger partial charge in [-0.15, -0.1) is 11.8 Å². The molecule has 1 saturated heterocycles. The Morgan fingerprint density at radius 2 is 1.72 bits per heavy atom. The highest BCUT2D eigenvalue weighted by atomic mass is 31.2. The van der Waals surface area contributed by atoms with E-state index in [1.54, 1.807) is 12.1 Å². The molecule has 1 fully saturated rings. The predicted molar refractivity (Wildman–Crippen MR) is 194 cm³/mol. The first kappa shape index (κ1) is 39.5. The van der Waals surface area contributed by atoms with Gasteiger partial charge >= 0.3 is 7.82 Å². The first-order chi connectivity index (χ1) is 24.4. The molecule has 272 valence electrons. The van der Waals surface area contributed by atoms with Crippen molar-refractivity contribution in [2.45, 2.75) is 134 Å². The van der Waals surface area contributed by atoms with Gasteiger partial charge in [0.1, 0.15) is 17.9 Å². The second-order valence-electron chi connectivity index (χ2n) is 13.1. The van der Waals surface area contributed by atoms with Gasteiger partial charge in [-0.05, 0) is 37.0 Å². The smallest absolute Gasteiger partial charge is 0.382 e. The molecule has 1 aliphatic heterocycles. The van der Waals surface area contributed by atoms with Crippen LogP contribution in [-0.4, -0.2) is 44.9 Å². The van der Waals surface area contributed by atoms with E-state index in [0.29, 0.717) is 37.1 Å². The summed E-state index contributed by atoms with van der Waals surface area (Å²) in [6, 6.07) is 15.4. The molecular weight excluding hydrogens is 653 g/mol. The molecule has 4 atom stereocenters. The number of hydrogen-bond acceptors (Lipinski definition) is 9. The van der Waals surface area contributed by atoms with Crippen LogP contribution in [0.3, 0.4) is 0 Å². The number of rotatable bonds is 23. The van der Waals surface area contributed by atoms with Crippen LogP contribution < -0.4 is 5.73 Å². The van der Waals surface area contributed by atoms with Gasteiger partial charge in [0.25, 0.3) is 0 Å². The second kappa shape index (κ2) is 21.2. The van der Waals surface area contributed by atoms with Gasteiger partial charge in [0.2, 0.25) is 0 Å². The summed E-state index contributed by atoms with van der Waals surface area (Å²) in [5.41, 5.74) is 6.69. The Balaban J connectivity index is 1.19. The normalized spacial score (nSPS) is 19.1. The van der Waals surface area contributed by atoms with E-state index in [9.17, 15) is 14.7 Å². The van der Waals surface area contributed by atoms with E-state index in [0.717, 1.165) is 18.4 Å². The van der Waals surface area contributed by atoms with Crippen molar-refractivity contribution in [3.05, 3.63) is 60.0 Å². The summed E-state index contributed by atoms with van der Waals surface area (Å²) in [5.74, 6) is 6.71. The lowest BCUT2D eigenvalue weighted by atomic mass is 9.98. The topological polar surface area (TPSA) is 154 Å². The Morgan fingerprint density at radius 3 is 2.42 bits per heavy atom. The number of phosphoric ester groups is 1. The SMILES string of the molecule is CCCCCCCCCCCCCCC#CC[C@H](COP(=O)(O)OC[C@@H]1CC[C@](C#N)(c2ccc3c(N)ncnn23)O1)OCc1ccccc1. The van der Waals surface area contributed by atoms with E-state index in [-0.39, 0.29) is 19.0 Å². The molecule has 12 heteroatoms. The van der Waals surface area contributed by atoms with E-state index in [1.165, 1.54) is 81.5 Å². The zero-order valence-electron chi connectivity index (χ0n) is 29.5. The van der Waals surface area contributed by atoms with E-state index >= 15 is 0 Å². The molecule has 4 rings (SSSR count). The minimum Gasteiger partial charge on any atom is -0.382 e. The van der Waals surface area contributed by atoms with Crippen molar-refractivity contribution in [3.63, 3.8) is 0 Å². The minimum absolute atomic E-state index is 0.168. The molecule has 11 nitrogen and oxygen atoms in total. The number of phosphoric acid groups is 1. The van der Waals surface area contributed by atoms with Crippen molar-refractivity contribution in [1.29, 1.82) is 5.26 Å². The molecule has 3 heterocycles. The summed E-state index contributed by atoms with van der Waals surface area (Å²) < 4.78 is 37.3. The molecule has 1 aromatic carbocycles. The van der Waals surface area contributed by atoms with E-state index in [1.807, 2.05) is 30.3 Å².